The predicted octanol–water partition coefficient (Wildman–Crippen LogP) is 1.99. The molecular formula is C16H14F3N5O4S. The maximum absolute atomic E-state index is 12.5. The Hall–Kier alpha value is -3.06. The Morgan fingerprint density at radius 1 is 1.24 bits per heavy atom. The van der Waals surface area contributed by atoms with Crippen molar-refractivity contribution < 1.29 is 30.9 Å². The fourth-order valence-electron chi connectivity index (χ4n) is 2.35. The third kappa shape index (κ3) is 4.35. The van der Waals surface area contributed by atoms with Gasteiger partial charge in [0, 0.05) is 31.4 Å². The Bertz CT molecular complexity index is 1140. The van der Waals surface area contributed by atoms with E-state index < -0.39 is 34.4 Å². The number of halogens is 3. The van der Waals surface area contributed by atoms with Crippen LogP contribution in [-0.2, 0) is 23.2 Å². The molecule has 2 heterocycles. The smallest absolute Gasteiger partial charge is 0.329 e. The third-order valence-corrected chi connectivity index (χ3v) is 5.65. The average Bonchev–Trinajstić information content (AvgIpc) is 3.31. The summed E-state index contributed by atoms with van der Waals surface area (Å²) in [6, 6.07) is 5.36. The minimum atomic E-state index is -4.76. The molecule has 0 radical (unpaired) electrons. The van der Waals surface area contributed by atoms with Crippen molar-refractivity contribution in [3.8, 4) is 11.4 Å². The highest BCUT2D eigenvalue weighted by Gasteiger charge is 2.38. The zero-order valence-corrected chi connectivity index (χ0v) is 15.9. The average molecular weight is 429 g/mol. The van der Waals surface area contributed by atoms with Crippen LogP contribution in [0.4, 0.5) is 13.2 Å². The van der Waals surface area contributed by atoms with Crippen LogP contribution < -0.4 is 0 Å². The number of carbonyl (C=O) groups excluding carboxylic acids is 1. The van der Waals surface area contributed by atoms with Crippen LogP contribution in [0.1, 0.15) is 16.2 Å². The van der Waals surface area contributed by atoms with Crippen LogP contribution in [-0.4, -0.2) is 52.0 Å². The molecule has 2 aromatic heterocycles. The van der Waals surface area contributed by atoms with Gasteiger partial charge in [0.25, 0.3) is 0 Å². The summed E-state index contributed by atoms with van der Waals surface area (Å²) in [5, 5.41) is 7.05. The molecule has 1 aromatic carbocycles. The summed E-state index contributed by atoms with van der Waals surface area (Å²) < 4.78 is 68.8. The van der Waals surface area contributed by atoms with E-state index in [2.05, 4.69) is 19.8 Å². The van der Waals surface area contributed by atoms with Crippen LogP contribution in [0.2, 0.25) is 0 Å². The van der Waals surface area contributed by atoms with E-state index in [0.29, 0.717) is 0 Å². The van der Waals surface area contributed by atoms with Crippen LogP contribution in [0, 0.1) is 0 Å². The van der Waals surface area contributed by atoms with Gasteiger partial charge in [-0.15, -0.1) is 0 Å². The van der Waals surface area contributed by atoms with Gasteiger partial charge in [0.2, 0.25) is 15.8 Å². The number of hydrogen-bond acceptors (Lipinski definition) is 7. The number of aromatic nitrogens is 4. The monoisotopic (exact) mass is 429 g/mol. The second-order valence-electron chi connectivity index (χ2n) is 6.03. The number of likely N-dealkylation sites (N-methyl/N-ethyl adjacent to an activating group) is 1. The molecule has 154 valence electrons. The van der Waals surface area contributed by atoms with E-state index in [1.807, 2.05) is 0 Å². The van der Waals surface area contributed by atoms with E-state index >= 15 is 0 Å². The number of rotatable bonds is 6. The van der Waals surface area contributed by atoms with E-state index in [1.165, 1.54) is 48.4 Å². The Labute approximate surface area is 162 Å². The molecule has 3 aromatic rings. The van der Waals surface area contributed by atoms with Crippen molar-refractivity contribution in [2.24, 2.45) is 7.05 Å². The highest BCUT2D eigenvalue weighted by atomic mass is 32.2. The quantitative estimate of drug-likeness (QED) is 0.551. The summed E-state index contributed by atoms with van der Waals surface area (Å²) in [5.74, 6) is -2.27. The highest BCUT2D eigenvalue weighted by Crippen LogP contribution is 2.29. The van der Waals surface area contributed by atoms with Crippen molar-refractivity contribution in [1.82, 2.24) is 24.2 Å². The molecule has 29 heavy (non-hydrogen) atoms. The van der Waals surface area contributed by atoms with Crippen molar-refractivity contribution >= 4 is 15.8 Å². The van der Waals surface area contributed by atoms with Gasteiger partial charge in [-0.25, -0.2) is 8.42 Å². The molecule has 0 aliphatic rings. The van der Waals surface area contributed by atoms with Gasteiger partial charge in [-0.2, -0.15) is 27.6 Å². The number of carbonyl (C=O) groups is 1. The second-order valence-corrected chi connectivity index (χ2v) is 8.08. The molecular weight excluding hydrogens is 415 g/mol. The van der Waals surface area contributed by atoms with Gasteiger partial charge in [-0.1, -0.05) is 29.4 Å². The van der Waals surface area contributed by atoms with E-state index in [-0.39, 0.29) is 21.8 Å². The molecule has 0 amide bonds. The molecule has 13 heteroatoms. The van der Waals surface area contributed by atoms with Crippen LogP contribution in [0.15, 0.2) is 46.1 Å². The predicted molar refractivity (Wildman–Crippen MR) is 92.1 cm³/mol. The summed E-state index contributed by atoms with van der Waals surface area (Å²) >= 11 is 0. The zero-order chi connectivity index (χ0) is 21.4. The molecule has 0 spiro atoms. The molecule has 0 N–H and O–H groups in total. The Balaban J connectivity index is 1.73. The SMILES string of the molecule is CN(CC(=O)c1ccc(-c2noc(C(F)(F)F)n2)cc1)S(=O)(=O)c1cnn(C)c1. The van der Waals surface area contributed by atoms with Gasteiger partial charge < -0.3 is 4.52 Å². The molecule has 0 atom stereocenters. The number of sulfonamides is 1. The lowest BCUT2D eigenvalue weighted by molar-refractivity contribution is -0.159. The molecule has 9 nitrogen and oxygen atoms in total. The maximum Gasteiger partial charge on any atom is 0.471 e. The van der Waals surface area contributed by atoms with Gasteiger partial charge >= 0.3 is 12.1 Å². The van der Waals surface area contributed by atoms with Gasteiger partial charge in [0.05, 0.1) is 12.7 Å². The van der Waals surface area contributed by atoms with Crippen molar-refractivity contribution in [2.75, 3.05) is 13.6 Å². The Kier molecular flexibility index (Phi) is 5.28. The molecule has 3 rings (SSSR count). The normalized spacial score (nSPS) is 12.5. The lowest BCUT2D eigenvalue weighted by Gasteiger charge is -2.15. The number of hydrogen-bond donors (Lipinski definition) is 0. The van der Waals surface area contributed by atoms with E-state index in [9.17, 15) is 26.4 Å². The lowest BCUT2D eigenvalue weighted by atomic mass is 10.1. The van der Waals surface area contributed by atoms with Gasteiger partial charge in [0.15, 0.2) is 5.78 Å². The molecule has 0 saturated carbocycles. The summed E-state index contributed by atoms with van der Waals surface area (Å²) in [4.78, 5) is 15.6. The second kappa shape index (κ2) is 7.40. The number of ketones is 1. The number of Topliss-reactive ketones (excluding diaryl/α,β-unsaturated/α-hetero) is 1. The molecule has 0 unspecified atom stereocenters. The lowest BCUT2D eigenvalue weighted by Crippen LogP contribution is -2.32. The van der Waals surface area contributed by atoms with Crippen LogP contribution >= 0.6 is 0 Å². The van der Waals surface area contributed by atoms with Crippen molar-refractivity contribution in [1.29, 1.82) is 0 Å². The van der Waals surface area contributed by atoms with Gasteiger partial charge in [-0.05, 0) is 0 Å². The van der Waals surface area contributed by atoms with E-state index in [4.69, 9.17) is 0 Å². The first-order chi connectivity index (χ1) is 13.5. The van der Waals surface area contributed by atoms with Crippen molar-refractivity contribution in [2.45, 2.75) is 11.1 Å². The van der Waals surface area contributed by atoms with E-state index in [1.54, 1.807) is 7.05 Å². The first-order valence-corrected chi connectivity index (χ1v) is 9.42. The van der Waals surface area contributed by atoms with Crippen LogP contribution in [0.25, 0.3) is 11.4 Å². The Morgan fingerprint density at radius 2 is 1.90 bits per heavy atom. The van der Waals surface area contributed by atoms with Crippen LogP contribution in [0.3, 0.4) is 0 Å². The largest absolute Gasteiger partial charge is 0.471 e. The standard InChI is InChI=1S/C16H14F3N5O4S/c1-23-8-12(7-20-23)29(26,27)24(2)9-13(25)10-3-5-11(6-4-10)14-21-15(28-22-14)16(17,18)19/h3-8H,9H2,1-2H3. The van der Waals surface area contributed by atoms with Crippen molar-refractivity contribution in [3.05, 3.63) is 48.1 Å². The molecule has 0 aliphatic heterocycles. The number of benzene rings is 1. The Morgan fingerprint density at radius 3 is 2.41 bits per heavy atom. The molecule has 0 saturated heterocycles. The first-order valence-electron chi connectivity index (χ1n) is 7.98. The van der Waals surface area contributed by atoms with Crippen LogP contribution in [0.5, 0.6) is 0 Å². The third-order valence-electron chi connectivity index (χ3n) is 3.89. The summed E-state index contributed by atoms with van der Waals surface area (Å²) in [6.45, 7) is -0.434. The summed E-state index contributed by atoms with van der Waals surface area (Å²) in [5.41, 5.74) is 0.374. The molecule has 0 bridgehead atoms. The van der Waals surface area contributed by atoms with E-state index in [0.717, 1.165) is 4.31 Å². The number of alkyl halides is 3. The minimum absolute atomic E-state index is 0.0526. The minimum Gasteiger partial charge on any atom is -0.329 e. The maximum atomic E-state index is 12.5. The molecule has 0 aliphatic carbocycles. The zero-order valence-electron chi connectivity index (χ0n) is 15.1. The fraction of sp³-hybridized carbons (Fsp3) is 0.250. The topological polar surface area (TPSA) is 111 Å². The van der Waals surface area contributed by atoms with Gasteiger partial charge in [-0.3, -0.25) is 9.48 Å². The highest BCUT2D eigenvalue weighted by molar-refractivity contribution is 7.89. The summed E-state index contributed by atoms with van der Waals surface area (Å²) in [6.07, 6.45) is -2.28. The molecule has 0 fully saturated rings. The fourth-order valence-corrected chi connectivity index (χ4v) is 3.46. The number of nitrogens with zero attached hydrogens (tertiary/aromatic N) is 5. The van der Waals surface area contributed by atoms with Crippen molar-refractivity contribution in [3.63, 3.8) is 0 Å². The number of aryl methyl sites for hydroxylation is 1. The van der Waals surface area contributed by atoms with Gasteiger partial charge in [0.1, 0.15) is 4.90 Å². The first kappa shape index (κ1) is 20.7. The summed E-state index contributed by atoms with van der Waals surface area (Å²) in [7, 11) is -1.07.